The van der Waals surface area contributed by atoms with Crippen LogP contribution in [0.15, 0.2) is 35.7 Å². The van der Waals surface area contributed by atoms with Crippen molar-refractivity contribution in [3.63, 3.8) is 0 Å². The molecule has 1 aromatic heterocycles. The summed E-state index contributed by atoms with van der Waals surface area (Å²) in [4.78, 5) is 39.2. The molecule has 0 spiro atoms. The maximum atomic E-state index is 12.5. The van der Waals surface area contributed by atoms with E-state index in [1.165, 1.54) is 18.3 Å². The number of thioether (sulfide) groups is 1. The van der Waals surface area contributed by atoms with Gasteiger partial charge in [0.05, 0.1) is 18.0 Å². The van der Waals surface area contributed by atoms with Gasteiger partial charge in [0.15, 0.2) is 0 Å². The molecule has 0 saturated carbocycles. The quantitative estimate of drug-likeness (QED) is 0.487. The highest BCUT2D eigenvalue weighted by molar-refractivity contribution is 7.99. The Morgan fingerprint density at radius 3 is 2.55 bits per heavy atom. The molecule has 0 radical (unpaired) electrons. The van der Waals surface area contributed by atoms with Gasteiger partial charge in [0.25, 0.3) is 0 Å². The lowest BCUT2D eigenvalue weighted by Gasteiger charge is -2.17. The first-order valence-electron chi connectivity index (χ1n) is 9.39. The molecular weight excluding hydrogens is 451 g/mol. The van der Waals surface area contributed by atoms with Crippen molar-refractivity contribution in [2.45, 2.75) is 38.5 Å². The number of carbonyl (C=O) groups is 3. The second kappa shape index (κ2) is 11.8. The summed E-state index contributed by atoms with van der Waals surface area (Å²) in [6.45, 7) is 1.47. The molecule has 1 aromatic carbocycles. The van der Waals surface area contributed by atoms with E-state index in [0.29, 0.717) is 12.1 Å². The first-order valence-corrected chi connectivity index (χ1v) is 11.4. The van der Waals surface area contributed by atoms with Crippen molar-refractivity contribution >= 4 is 40.7 Å². The first kappa shape index (κ1) is 24.9. The van der Waals surface area contributed by atoms with Crippen LogP contribution in [0.2, 0.25) is 0 Å². The van der Waals surface area contributed by atoms with Gasteiger partial charge in [-0.3, -0.25) is 14.4 Å². The molecule has 2 rings (SSSR count). The van der Waals surface area contributed by atoms with Crippen molar-refractivity contribution in [1.82, 2.24) is 15.6 Å². The zero-order valence-electron chi connectivity index (χ0n) is 16.7. The summed E-state index contributed by atoms with van der Waals surface area (Å²) in [5, 5.41) is 7.94. The molecule has 1 heterocycles. The number of nitrogens with one attached hydrogen (secondary N) is 2. The molecule has 0 aliphatic rings. The first-order chi connectivity index (χ1) is 14.7. The minimum Gasteiger partial charge on any atom is -0.349 e. The van der Waals surface area contributed by atoms with E-state index in [1.807, 2.05) is 35.7 Å². The van der Waals surface area contributed by atoms with Crippen LogP contribution < -0.4 is 10.6 Å². The van der Waals surface area contributed by atoms with Gasteiger partial charge >= 0.3 is 6.18 Å². The number of carbonyl (C=O) groups excluding carboxylic acids is 3. The predicted octanol–water partition coefficient (Wildman–Crippen LogP) is 3.58. The molecule has 2 N–H and O–H groups in total. The van der Waals surface area contributed by atoms with E-state index in [-0.39, 0.29) is 24.6 Å². The zero-order valence-corrected chi connectivity index (χ0v) is 18.3. The largest absolute Gasteiger partial charge is 0.450 e. The molecule has 2 amide bonds. The average Bonchev–Trinajstić information content (AvgIpc) is 3.19. The number of aromatic nitrogens is 1. The number of nitrogens with zero attached hydrogens (tertiary/aromatic N) is 1. The van der Waals surface area contributed by atoms with E-state index in [9.17, 15) is 27.6 Å². The Kier molecular flexibility index (Phi) is 9.50. The van der Waals surface area contributed by atoms with Gasteiger partial charge in [-0.1, -0.05) is 30.3 Å². The van der Waals surface area contributed by atoms with Crippen LogP contribution in [0.5, 0.6) is 0 Å². The summed E-state index contributed by atoms with van der Waals surface area (Å²) in [6, 6.07) is 8.79. The Balaban J connectivity index is 1.81. The molecule has 1 atom stereocenters. The zero-order chi connectivity index (χ0) is 22.9. The number of hydrogen-bond acceptors (Lipinski definition) is 6. The predicted molar refractivity (Wildman–Crippen MR) is 115 cm³/mol. The van der Waals surface area contributed by atoms with E-state index in [4.69, 9.17) is 0 Å². The Morgan fingerprint density at radius 1 is 1.19 bits per heavy atom. The minimum atomic E-state index is -4.83. The van der Waals surface area contributed by atoms with E-state index >= 15 is 0 Å². The third-order valence-corrected chi connectivity index (χ3v) is 6.02. The van der Waals surface area contributed by atoms with Crippen molar-refractivity contribution < 1.29 is 27.6 Å². The fourth-order valence-corrected chi connectivity index (χ4v) is 4.24. The highest BCUT2D eigenvalue weighted by Crippen LogP contribution is 2.23. The molecule has 0 unspecified atom stereocenters. The molecule has 2 aromatic rings. The number of hydrogen-bond donors (Lipinski definition) is 2. The topological polar surface area (TPSA) is 88.2 Å². The summed E-state index contributed by atoms with van der Waals surface area (Å²) >= 11 is 2.30. The van der Waals surface area contributed by atoms with E-state index in [2.05, 4.69) is 15.6 Å². The molecule has 0 bridgehead atoms. The molecule has 0 fully saturated rings. The van der Waals surface area contributed by atoms with Crippen LogP contribution in [0.1, 0.15) is 25.5 Å². The SMILES string of the molecule is CC(=O)N[C@@H](CCCSCC(=O)C(F)(F)F)C(=O)NCc1csc(-c2ccccc2)n1. The molecule has 0 aliphatic carbocycles. The van der Waals surface area contributed by atoms with E-state index in [1.54, 1.807) is 0 Å². The van der Waals surface area contributed by atoms with Crippen LogP contribution in [0, 0.1) is 0 Å². The number of amides is 2. The van der Waals surface area contributed by atoms with Crippen molar-refractivity contribution in [3.05, 3.63) is 41.4 Å². The maximum absolute atomic E-state index is 12.5. The van der Waals surface area contributed by atoms with Crippen LogP contribution in [-0.2, 0) is 20.9 Å². The summed E-state index contributed by atoms with van der Waals surface area (Å²) in [6.07, 6.45) is -4.23. The molecule has 168 valence electrons. The molecular formula is C20H22F3N3O3S2. The van der Waals surface area contributed by atoms with Crippen molar-refractivity contribution in [2.24, 2.45) is 0 Å². The Hall–Kier alpha value is -2.40. The second-order valence-electron chi connectivity index (χ2n) is 6.60. The van der Waals surface area contributed by atoms with Crippen LogP contribution in [0.3, 0.4) is 0 Å². The van der Waals surface area contributed by atoms with Gasteiger partial charge in [-0.2, -0.15) is 24.9 Å². The number of rotatable bonds is 11. The monoisotopic (exact) mass is 473 g/mol. The van der Waals surface area contributed by atoms with Gasteiger partial charge in [0, 0.05) is 17.9 Å². The van der Waals surface area contributed by atoms with Crippen molar-refractivity contribution in [1.29, 1.82) is 0 Å². The normalized spacial score (nSPS) is 12.3. The number of ketones is 1. The van der Waals surface area contributed by atoms with Crippen LogP contribution in [0.25, 0.3) is 10.6 Å². The van der Waals surface area contributed by atoms with Gasteiger partial charge in [-0.15, -0.1) is 11.3 Å². The standard InChI is InChI=1S/C20H22F3N3O3S2/c1-13(27)25-16(8-5-9-30-12-17(28)20(21,22)23)18(29)24-10-15-11-31-19(26-15)14-6-3-2-4-7-14/h2-4,6-7,11,16H,5,8-10,12H2,1H3,(H,24,29)(H,25,27)/t16-/m0/s1. The number of Topliss-reactive ketones (excluding diaryl/α,β-unsaturated/α-hetero) is 1. The Bertz CT molecular complexity index is 889. The summed E-state index contributed by atoms with van der Waals surface area (Å²) in [5.41, 5.74) is 1.66. The Morgan fingerprint density at radius 2 is 1.90 bits per heavy atom. The number of benzene rings is 1. The van der Waals surface area contributed by atoms with Gasteiger partial charge in [0.1, 0.15) is 11.0 Å². The highest BCUT2D eigenvalue weighted by Gasteiger charge is 2.37. The van der Waals surface area contributed by atoms with Crippen LogP contribution in [-0.4, -0.2) is 46.3 Å². The maximum Gasteiger partial charge on any atom is 0.450 e. The fourth-order valence-electron chi connectivity index (χ4n) is 2.55. The van der Waals surface area contributed by atoms with Gasteiger partial charge in [-0.05, 0) is 18.6 Å². The third kappa shape index (κ3) is 8.70. The lowest BCUT2D eigenvalue weighted by molar-refractivity contribution is -0.167. The number of thiazole rings is 1. The summed E-state index contributed by atoms with van der Waals surface area (Å²) in [7, 11) is 0. The van der Waals surface area contributed by atoms with Crippen molar-refractivity contribution in [3.8, 4) is 10.6 Å². The second-order valence-corrected chi connectivity index (χ2v) is 8.56. The minimum absolute atomic E-state index is 0.188. The molecule has 0 saturated heterocycles. The average molecular weight is 474 g/mol. The highest BCUT2D eigenvalue weighted by atomic mass is 32.2. The van der Waals surface area contributed by atoms with Crippen LogP contribution >= 0.6 is 23.1 Å². The van der Waals surface area contributed by atoms with Gasteiger partial charge in [0.2, 0.25) is 17.6 Å². The van der Waals surface area contributed by atoms with Gasteiger partial charge in [-0.25, -0.2) is 4.98 Å². The number of halogens is 3. The number of alkyl halides is 3. The van der Waals surface area contributed by atoms with Crippen molar-refractivity contribution in [2.75, 3.05) is 11.5 Å². The molecule has 11 heteroatoms. The lowest BCUT2D eigenvalue weighted by Crippen LogP contribution is -2.45. The summed E-state index contributed by atoms with van der Waals surface area (Å²) < 4.78 is 36.6. The van der Waals surface area contributed by atoms with Crippen LogP contribution in [0.4, 0.5) is 13.2 Å². The van der Waals surface area contributed by atoms with Gasteiger partial charge < -0.3 is 10.6 Å². The van der Waals surface area contributed by atoms with E-state index in [0.717, 1.165) is 22.3 Å². The summed E-state index contributed by atoms with van der Waals surface area (Å²) in [5.74, 6) is -2.97. The smallest absolute Gasteiger partial charge is 0.349 e. The lowest BCUT2D eigenvalue weighted by atomic mass is 10.1. The van der Waals surface area contributed by atoms with E-state index < -0.39 is 29.7 Å². The fraction of sp³-hybridized carbons (Fsp3) is 0.400. The molecule has 31 heavy (non-hydrogen) atoms. The molecule has 6 nitrogen and oxygen atoms in total. The Labute approximate surface area is 186 Å². The third-order valence-electron chi connectivity index (χ3n) is 4.04. The molecule has 0 aliphatic heterocycles.